The summed E-state index contributed by atoms with van der Waals surface area (Å²) in [6, 6.07) is -0.0209. The van der Waals surface area contributed by atoms with Crippen molar-refractivity contribution in [3.05, 3.63) is 0 Å². The topological polar surface area (TPSA) is 38.3 Å². The molecule has 0 radical (unpaired) electrons. The van der Waals surface area contributed by atoms with Gasteiger partial charge in [-0.25, -0.2) is 0 Å². The van der Waals surface area contributed by atoms with Gasteiger partial charge >= 0.3 is 5.97 Å². The lowest BCUT2D eigenvalue weighted by molar-refractivity contribution is -0.145. The first kappa shape index (κ1) is 8.05. The van der Waals surface area contributed by atoms with Gasteiger partial charge in [0.1, 0.15) is 6.04 Å². The van der Waals surface area contributed by atoms with E-state index in [1.807, 2.05) is 6.92 Å². The van der Waals surface area contributed by atoms with Gasteiger partial charge in [0, 0.05) is 6.54 Å². The first-order valence-corrected chi connectivity index (χ1v) is 4.66. The van der Waals surface area contributed by atoms with Crippen LogP contribution in [0.5, 0.6) is 0 Å². The standard InChI is InChI=1S/C9H15NO2/c1-2-12-8(11)7-5-9(3-4-9)6-10-7/h7,10H,2-6H2,1H3/t7-/m0/s1. The summed E-state index contributed by atoms with van der Waals surface area (Å²) < 4.78 is 4.95. The van der Waals surface area contributed by atoms with Crippen molar-refractivity contribution in [1.29, 1.82) is 0 Å². The molecule has 0 unspecified atom stereocenters. The molecule has 1 aliphatic heterocycles. The smallest absolute Gasteiger partial charge is 0.323 e. The molecule has 3 heteroatoms. The van der Waals surface area contributed by atoms with Crippen molar-refractivity contribution in [2.75, 3.05) is 13.2 Å². The molecule has 2 rings (SSSR count). The number of nitrogens with one attached hydrogen (secondary N) is 1. The zero-order valence-corrected chi connectivity index (χ0v) is 7.43. The third-order valence-corrected chi connectivity index (χ3v) is 2.89. The Morgan fingerprint density at radius 1 is 1.67 bits per heavy atom. The van der Waals surface area contributed by atoms with E-state index in [2.05, 4.69) is 5.32 Å². The molecule has 2 aliphatic rings. The Morgan fingerprint density at radius 2 is 2.42 bits per heavy atom. The van der Waals surface area contributed by atoms with Gasteiger partial charge in [-0.1, -0.05) is 0 Å². The van der Waals surface area contributed by atoms with Gasteiger partial charge in [-0.05, 0) is 31.6 Å². The van der Waals surface area contributed by atoms with E-state index in [9.17, 15) is 4.79 Å². The summed E-state index contributed by atoms with van der Waals surface area (Å²) >= 11 is 0. The Labute approximate surface area is 72.5 Å². The van der Waals surface area contributed by atoms with Crippen LogP contribution in [0.25, 0.3) is 0 Å². The van der Waals surface area contributed by atoms with Crippen molar-refractivity contribution in [1.82, 2.24) is 5.32 Å². The normalized spacial score (nSPS) is 30.6. The maximum atomic E-state index is 11.3. The number of rotatable bonds is 2. The van der Waals surface area contributed by atoms with Crippen molar-refractivity contribution >= 4 is 5.97 Å². The fourth-order valence-corrected chi connectivity index (χ4v) is 1.88. The maximum absolute atomic E-state index is 11.3. The number of ether oxygens (including phenoxy) is 1. The molecule has 1 atom stereocenters. The zero-order valence-electron chi connectivity index (χ0n) is 7.43. The number of carbonyl (C=O) groups excluding carboxylic acids is 1. The maximum Gasteiger partial charge on any atom is 0.323 e. The predicted molar refractivity (Wildman–Crippen MR) is 44.7 cm³/mol. The Morgan fingerprint density at radius 3 is 2.92 bits per heavy atom. The molecule has 3 nitrogen and oxygen atoms in total. The highest BCUT2D eigenvalue weighted by molar-refractivity contribution is 5.76. The molecule has 0 amide bonds. The van der Waals surface area contributed by atoms with Crippen LogP contribution in [0.3, 0.4) is 0 Å². The minimum Gasteiger partial charge on any atom is -0.465 e. The fraction of sp³-hybridized carbons (Fsp3) is 0.889. The molecule has 1 saturated heterocycles. The molecule has 0 bridgehead atoms. The molecule has 1 saturated carbocycles. The highest BCUT2D eigenvalue weighted by Crippen LogP contribution is 2.51. The van der Waals surface area contributed by atoms with Gasteiger partial charge in [0.15, 0.2) is 0 Å². The minimum atomic E-state index is -0.0683. The summed E-state index contributed by atoms with van der Waals surface area (Å²) in [5, 5.41) is 3.22. The quantitative estimate of drug-likeness (QED) is 0.618. The van der Waals surface area contributed by atoms with Gasteiger partial charge in [-0.3, -0.25) is 4.79 Å². The summed E-state index contributed by atoms with van der Waals surface area (Å²) in [6.07, 6.45) is 3.57. The summed E-state index contributed by atoms with van der Waals surface area (Å²) in [4.78, 5) is 11.3. The van der Waals surface area contributed by atoms with Crippen LogP contribution < -0.4 is 5.32 Å². The zero-order chi connectivity index (χ0) is 8.60. The second kappa shape index (κ2) is 2.73. The first-order chi connectivity index (χ1) is 5.76. The van der Waals surface area contributed by atoms with Gasteiger partial charge in [0.05, 0.1) is 6.61 Å². The van der Waals surface area contributed by atoms with Crippen LogP contribution in [0.15, 0.2) is 0 Å². The first-order valence-electron chi connectivity index (χ1n) is 4.66. The molecule has 1 spiro atoms. The molecule has 1 N–H and O–H groups in total. The van der Waals surface area contributed by atoms with E-state index in [0.717, 1.165) is 13.0 Å². The number of hydrogen-bond donors (Lipinski definition) is 1. The average molecular weight is 169 g/mol. The van der Waals surface area contributed by atoms with Gasteiger partial charge in [-0.15, -0.1) is 0 Å². The molecule has 12 heavy (non-hydrogen) atoms. The third kappa shape index (κ3) is 1.33. The Bertz CT molecular complexity index is 199. The van der Waals surface area contributed by atoms with Crippen LogP contribution in [-0.2, 0) is 9.53 Å². The summed E-state index contributed by atoms with van der Waals surface area (Å²) in [7, 11) is 0. The van der Waals surface area contributed by atoms with E-state index in [4.69, 9.17) is 4.74 Å². The summed E-state index contributed by atoms with van der Waals surface area (Å²) in [5.41, 5.74) is 0.484. The summed E-state index contributed by atoms with van der Waals surface area (Å²) in [5.74, 6) is -0.0683. The number of carbonyl (C=O) groups is 1. The molecule has 0 aromatic carbocycles. The molecule has 1 heterocycles. The van der Waals surface area contributed by atoms with Crippen molar-refractivity contribution in [3.63, 3.8) is 0 Å². The van der Waals surface area contributed by atoms with E-state index in [1.165, 1.54) is 12.8 Å². The number of hydrogen-bond acceptors (Lipinski definition) is 3. The molecule has 68 valence electrons. The van der Waals surface area contributed by atoms with Crippen LogP contribution >= 0.6 is 0 Å². The predicted octanol–water partition coefficient (Wildman–Crippen LogP) is 0.692. The van der Waals surface area contributed by atoms with E-state index < -0.39 is 0 Å². The van der Waals surface area contributed by atoms with Crippen LogP contribution in [0.1, 0.15) is 26.2 Å². The Balaban J connectivity index is 1.86. The van der Waals surface area contributed by atoms with Crippen molar-refractivity contribution in [2.45, 2.75) is 32.2 Å². The van der Waals surface area contributed by atoms with Gasteiger partial charge in [0.25, 0.3) is 0 Å². The molecule has 1 aliphatic carbocycles. The van der Waals surface area contributed by atoms with Crippen LogP contribution in [-0.4, -0.2) is 25.2 Å². The Kier molecular flexibility index (Phi) is 1.83. The lowest BCUT2D eigenvalue weighted by Crippen LogP contribution is -2.32. The minimum absolute atomic E-state index is 0.0209. The molecule has 2 fully saturated rings. The molecule has 0 aromatic rings. The van der Waals surface area contributed by atoms with E-state index >= 15 is 0 Å². The fourth-order valence-electron chi connectivity index (χ4n) is 1.88. The van der Waals surface area contributed by atoms with Crippen molar-refractivity contribution in [2.24, 2.45) is 5.41 Å². The third-order valence-electron chi connectivity index (χ3n) is 2.89. The van der Waals surface area contributed by atoms with Gasteiger partial charge in [-0.2, -0.15) is 0 Å². The monoisotopic (exact) mass is 169 g/mol. The SMILES string of the molecule is CCOC(=O)[C@@H]1CC2(CC2)CN1. The van der Waals surface area contributed by atoms with Gasteiger partial charge < -0.3 is 10.1 Å². The van der Waals surface area contributed by atoms with E-state index in [0.29, 0.717) is 12.0 Å². The number of esters is 1. The molecular formula is C9H15NO2. The molecule has 0 aromatic heterocycles. The highest BCUT2D eigenvalue weighted by Gasteiger charge is 2.50. The van der Waals surface area contributed by atoms with Crippen molar-refractivity contribution < 1.29 is 9.53 Å². The van der Waals surface area contributed by atoms with Crippen LogP contribution in [0.2, 0.25) is 0 Å². The van der Waals surface area contributed by atoms with Gasteiger partial charge in [0.2, 0.25) is 0 Å². The second-order valence-electron chi connectivity index (χ2n) is 3.89. The average Bonchev–Trinajstić information content (AvgIpc) is 2.62. The lowest BCUT2D eigenvalue weighted by atomic mass is 10.0. The van der Waals surface area contributed by atoms with Crippen LogP contribution in [0, 0.1) is 5.41 Å². The van der Waals surface area contributed by atoms with Crippen LogP contribution in [0.4, 0.5) is 0 Å². The highest BCUT2D eigenvalue weighted by atomic mass is 16.5. The molecular weight excluding hydrogens is 154 g/mol. The second-order valence-corrected chi connectivity index (χ2v) is 3.89. The van der Waals surface area contributed by atoms with E-state index in [-0.39, 0.29) is 12.0 Å². The lowest BCUT2D eigenvalue weighted by Gasteiger charge is -2.08. The summed E-state index contributed by atoms with van der Waals surface area (Å²) in [6.45, 7) is 3.35. The van der Waals surface area contributed by atoms with Crippen molar-refractivity contribution in [3.8, 4) is 0 Å². The van der Waals surface area contributed by atoms with E-state index in [1.54, 1.807) is 0 Å². The Hall–Kier alpha value is -0.570. The largest absolute Gasteiger partial charge is 0.465 e.